The van der Waals surface area contributed by atoms with Gasteiger partial charge in [0.05, 0.1) is 10.6 Å². The number of carbonyl (C=O) groups is 2. The Morgan fingerprint density at radius 1 is 1.11 bits per heavy atom. The minimum Gasteiger partial charge on any atom is -0.368 e. The van der Waals surface area contributed by atoms with Crippen molar-refractivity contribution in [2.24, 2.45) is 0 Å². The van der Waals surface area contributed by atoms with Gasteiger partial charge in [-0.15, -0.1) is 10.2 Å². The van der Waals surface area contributed by atoms with Gasteiger partial charge in [-0.3, -0.25) is 14.2 Å². The van der Waals surface area contributed by atoms with Crippen molar-refractivity contribution in [3.63, 3.8) is 0 Å². The molecule has 1 unspecified atom stereocenters. The van der Waals surface area contributed by atoms with Crippen LogP contribution < -0.4 is 0 Å². The van der Waals surface area contributed by atoms with Crippen LogP contribution in [0.25, 0.3) is 5.82 Å². The molecule has 10 heteroatoms. The number of halogens is 1. The molecule has 0 aromatic carbocycles. The van der Waals surface area contributed by atoms with Crippen molar-refractivity contribution in [2.75, 3.05) is 32.8 Å². The number of ether oxygens (including phenoxy) is 1. The Morgan fingerprint density at radius 3 is 2.44 bits per heavy atom. The van der Waals surface area contributed by atoms with Crippen LogP contribution >= 0.6 is 11.6 Å². The first-order valence-corrected chi connectivity index (χ1v) is 9.21. The molecule has 0 N–H and O–H groups in total. The molecular weight excluding hydrogens is 372 g/mol. The zero-order valence-corrected chi connectivity index (χ0v) is 15.4. The molecule has 27 heavy (non-hydrogen) atoms. The van der Waals surface area contributed by atoms with Crippen LogP contribution in [0.1, 0.15) is 23.2 Å². The van der Waals surface area contributed by atoms with Crippen LogP contribution in [0.5, 0.6) is 0 Å². The lowest BCUT2D eigenvalue weighted by Gasteiger charge is -2.35. The van der Waals surface area contributed by atoms with Crippen molar-refractivity contribution in [2.45, 2.75) is 18.9 Å². The number of amides is 2. The van der Waals surface area contributed by atoms with Crippen LogP contribution in [-0.4, -0.2) is 80.3 Å². The zero-order chi connectivity index (χ0) is 18.8. The van der Waals surface area contributed by atoms with Crippen LogP contribution in [0.2, 0.25) is 5.02 Å². The number of piperazine rings is 1. The van der Waals surface area contributed by atoms with Gasteiger partial charge in [-0.1, -0.05) is 11.6 Å². The van der Waals surface area contributed by atoms with Gasteiger partial charge in [0.2, 0.25) is 0 Å². The van der Waals surface area contributed by atoms with Crippen LogP contribution in [0, 0.1) is 0 Å². The van der Waals surface area contributed by atoms with Crippen molar-refractivity contribution in [3.05, 3.63) is 35.5 Å². The van der Waals surface area contributed by atoms with Gasteiger partial charge in [0, 0.05) is 39.0 Å². The van der Waals surface area contributed by atoms with Crippen LogP contribution in [0.4, 0.5) is 0 Å². The molecule has 2 amide bonds. The summed E-state index contributed by atoms with van der Waals surface area (Å²) >= 11 is 6.26. The Morgan fingerprint density at radius 2 is 1.81 bits per heavy atom. The third kappa shape index (κ3) is 3.65. The molecule has 0 radical (unpaired) electrons. The average Bonchev–Trinajstić information content (AvgIpc) is 3.41. The first-order chi connectivity index (χ1) is 13.1. The Kier molecular flexibility index (Phi) is 5.04. The van der Waals surface area contributed by atoms with Crippen molar-refractivity contribution in [3.8, 4) is 5.82 Å². The second-order valence-corrected chi connectivity index (χ2v) is 6.92. The number of pyridine rings is 1. The maximum absolute atomic E-state index is 12.8. The summed E-state index contributed by atoms with van der Waals surface area (Å²) in [5, 5.41) is 7.78. The third-order valence-corrected chi connectivity index (χ3v) is 5.09. The predicted octanol–water partition coefficient (Wildman–Crippen LogP) is 0.779. The minimum atomic E-state index is -0.319. The molecule has 4 rings (SSSR count). The number of nitrogens with zero attached hydrogens (tertiary/aromatic N) is 6. The molecule has 2 saturated heterocycles. The van der Waals surface area contributed by atoms with E-state index in [1.54, 1.807) is 20.4 Å². The van der Waals surface area contributed by atoms with E-state index >= 15 is 0 Å². The summed E-state index contributed by atoms with van der Waals surface area (Å²) in [6, 6.07) is 1.59. The average molecular weight is 391 g/mol. The van der Waals surface area contributed by atoms with E-state index in [4.69, 9.17) is 16.3 Å². The lowest BCUT2D eigenvalue weighted by atomic mass is 10.2. The van der Waals surface area contributed by atoms with Gasteiger partial charge in [-0.25, -0.2) is 4.98 Å². The summed E-state index contributed by atoms with van der Waals surface area (Å²) in [4.78, 5) is 32.9. The quantitative estimate of drug-likeness (QED) is 0.768. The second-order valence-electron chi connectivity index (χ2n) is 6.52. The van der Waals surface area contributed by atoms with Gasteiger partial charge >= 0.3 is 0 Å². The summed E-state index contributed by atoms with van der Waals surface area (Å²) in [5.41, 5.74) is 0.413. The summed E-state index contributed by atoms with van der Waals surface area (Å²) < 4.78 is 7.04. The number of hydrogen-bond acceptors (Lipinski definition) is 6. The van der Waals surface area contributed by atoms with E-state index in [-0.39, 0.29) is 17.9 Å². The topological polar surface area (TPSA) is 93.5 Å². The normalized spacial score (nSPS) is 20.1. The van der Waals surface area contributed by atoms with Gasteiger partial charge in [0.1, 0.15) is 18.8 Å². The third-order valence-electron chi connectivity index (χ3n) is 4.82. The highest BCUT2D eigenvalue weighted by Gasteiger charge is 2.31. The van der Waals surface area contributed by atoms with Gasteiger partial charge in [-0.05, 0) is 18.9 Å². The Balaban J connectivity index is 1.39. The van der Waals surface area contributed by atoms with Gasteiger partial charge in [0.15, 0.2) is 5.82 Å². The van der Waals surface area contributed by atoms with E-state index in [2.05, 4.69) is 15.2 Å². The van der Waals surface area contributed by atoms with E-state index in [9.17, 15) is 9.59 Å². The maximum Gasteiger partial charge on any atom is 0.255 e. The van der Waals surface area contributed by atoms with Crippen LogP contribution in [-0.2, 0) is 9.53 Å². The number of aromatic nitrogens is 4. The summed E-state index contributed by atoms with van der Waals surface area (Å²) in [6.45, 7) is 2.60. The molecule has 2 fully saturated rings. The fourth-order valence-electron chi connectivity index (χ4n) is 3.34. The lowest BCUT2D eigenvalue weighted by molar-refractivity contribution is -0.142. The van der Waals surface area contributed by atoms with Gasteiger partial charge < -0.3 is 14.5 Å². The molecule has 4 heterocycles. The van der Waals surface area contributed by atoms with Crippen molar-refractivity contribution < 1.29 is 14.3 Å². The summed E-state index contributed by atoms with van der Waals surface area (Å²) in [6.07, 6.45) is 5.85. The molecule has 9 nitrogen and oxygen atoms in total. The zero-order valence-electron chi connectivity index (χ0n) is 14.6. The number of rotatable bonds is 3. The first kappa shape index (κ1) is 17.9. The molecule has 2 aliphatic heterocycles. The van der Waals surface area contributed by atoms with Gasteiger partial charge in [-0.2, -0.15) is 0 Å². The van der Waals surface area contributed by atoms with E-state index in [1.807, 2.05) is 0 Å². The molecule has 0 aliphatic carbocycles. The second kappa shape index (κ2) is 7.61. The molecule has 0 bridgehead atoms. The number of carbonyl (C=O) groups excluding carboxylic acids is 2. The van der Waals surface area contributed by atoms with Crippen molar-refractivity contribution >= 4 is 23.4 Å². The monoisotopic (exact) mass is 390 g/mol. The fraction of sp³-hybridized carbons (Fsp3) is 0.471. The van der Waals surface area contributed by atoms with E-state index in [1.165, 1.54) is 18.9 Å². The molecule has 142 valence electrons. The minimum absolute atomic E-state index is 0.0302. The molecular formula is C17H19ClN6O3. The highest BCUT2D eigenvalue weighted by molar-refractivity contribution is 6.32. The highest BCUT2D eigenvalue weighted by atomic mass is 35.5. The van der Waals surface area contributed by atoms with Gasteiger partial charge in [0.25, 0.3) is 11.8 Å². The first-order valence-electron chi connectivity index (χ1n) is 8.83. The van der Waals surface area contributed by atoms with E-state index < -0.39 is 0 Å². The highest BCUT2D eigenvalue weighted by Crippen LogP contribution is 2.21. The Labute approximate surface area is 160 Å². The Bertz CT molecular complexity index is 829. The largest absolute Gasteiger partial charge is 0.368 e. The summed E-state index contributed by atoms with van der Waals surface area (Å²) in [5.74, 6) is 0.344. The van der Waals surface area contributed by atoms with E-state index in [0.29, 0.717) is 49.2 Å². The predicted molar refractivity (Wildman–Crippen MR) is 95.6 cm³/mol. The Hall–Kier alpha value is -2.52. The summed E-state index contributed by atoms with van der Waals surface area (Å²) in [7, 11) is 0. The van der Waals surface area contributed by atoms with Crippen molar-refractivity contribution in [1.29, 1.82) is 0 Å². The number of hydrogen-bond donors (Lipinski definition) is 0. The molecule has 2 aromatic heterocycles. The fourth-order valence-corrected chi connectivity index (χ4v) is 3.60. The van der Waals surface area contributed by atoms with Crippen molar-refractivity contribution in [1.82, 2.24) is 29.5 Å². The smallest absolute Gasteiger partial charge is 0.255 e. The lowest BCUT2D eigenvalue weighted by Crippen LogP contribution is -2.52. The standard InChI is InChI=1S/C17H19ClN6O3/c18-13-8-12(9-19-15(13)24-10-20-21-11-24)16(25)22-3-5-23(6-4-22)17(26)14-2-1-7-27-14/h8-11,14H,1-7H2. The van der Waals surface area contributed by atoms with Crippen LogP contribution in [0.15, 0.2) is 24.9 Å². The molecule has 2 aliphatic rings. The molecule has 0 spiro atoms. The van der Waals surface area contributed by atoms with E-state index in [0.717, 1.165) is 12.8 Å². The molecule has 0 saturated carbocycles. The maximum atomic E-state index is 12.8. The SMILES string of the molecule is O=C(c1cnc(-n2cnnc2)c(Cl)c1)N1CCN(C(=O)C2CCCO2)CC1. The molecule has 2 aromatic rings. The van der Waals surface area contributed by atoms with Crippen LogP contribution in [0.3, 0.4) is 0 Å². The molecule has 1 atom stereocenters.